The number of rotatable bonds is 3. The second-order valence-electron chi connectivity index (χ2n) is 8.14. The van der Waals surface area contributed by atoms with E-state index in [1.165, 1.54) is 0 Å². The fourth-order valence-corrected chi connectivity index (χ4v) is 3.27. The number of amides is 1. The van der Waals surface area contributed by atoms with Gasteiger partial charge in [0.1, 0.15) is 5.82 Å². The van der Waals surface area contributed by atoms with Crippen LogP contribution in [-0.2, 0) is 18.5 Å². The number of carbonyl (C=O) groups is 1. The molecule has 0 saturated heterocycles. The van der Waals surface area contributed by atoms with Crippen LogP contribution < -0.4 is 10.6 Å². The molecule has 2 N–H and O–H groups in total. The van der Waals surface area contributed by atoms with Crippen molar-refractivity contribution in [3.63, 3.8) is 0 Å². The topological polar surface area (TPSA) is 59.0 Å². The second-order valence-corrected chi connectivity index (χ2v) is 8.14. The van der Waals surface area contributed by atoms with Crippen LogP contribution in [0.5, 0.6) is 0 Å². The van der Waals surface area contributed by atoms with Gasteiger partial charge in [-0.2, -0.15) is 5.10 Å². The van der Waals surface area contributed by atoms with E-state index < -0.39 is 0 Å². The zero-order valence-corrected chi connectivity index (χ0v) is 17.3. The summed E-state index contributed by atoms with van der Waals surface area (Å²) in [7, 11) is 0. The van der Waals surface area contributed by atoms with Gasteiger partial charge in [0, 0.05) is 12.2 Å². The molecule has 0 spiro atoms. The number of hydrogen-bond donors (Lipinski definition) is 2. The van der Waals surface area contributed by atoms with Crippen molar-refractivity contribution in [2.24, 2.45) is 0 Å². The number of aromatic nitrogens is 2. The van der Waals surface area contributed by atoms with E-state index >= 15 is 0 Å². The fraction of sp³-hybridized carbons (Fsp3) is 0.500. The smallest absolute Gasteiger partial charge is 0.276 e. The molecule has 0 aliphatic carbocycles. The summed E-state index contributed by atoms with van der Waals surface area (Å²) in [6.45, 7) is 11.7. The maximum atomic E-state index is 14.8. The molecule has 0 atom stereocenters. The van der Waals surface area contributed by atoms with E-state index in [-0.39, 0.29) is 41.3 Å². The molecular weight excluding hydrogens is 367 g/mol. The number of anilines is 1. The molecule has 0 radical (unpaired) electrons. The summed E-state index contributed by atoms with van der Waals surface area (Å²) in [5, 5.41) is 10.4. The number of benzene rings is 1. The Morgan fingerprint density at radius 3 is 2.63 bits per heavy atom. The molecule has 1 amide bonds. The minimum absolute atomic E-state index is 0. The lowest BCUT2D eigenvalue weighted by atomic mass is 9.99. The molecular formula is C20H28ClFN4O. The van der Waals surface area contributed by atoms with Crippen LogP contribution in [0.25, 0.3) is 0 Å². The average molecular weight is 395 g/mol. The molecule has 2 aromatic rings. The highest BCUT2D eigenvalue weighted by atomic mass is 35.5. The molecule has 0 unspecified atom stereocenters. The van der Waals surface area contributed by atoms with Gasteiger partial charge in [-0.3, -0.25) is 9.48 Å². The van der Waals surface area contributed by atoms with Gasteiger partial charge >= 0.3 is 0 Å². The molecule has 0 fully saturated rings. The van der Waals surface area contributed by atoms with Gasteiger partial charge in [-0.05, 0) is 62.9 Å². The predicted octanol–water partition coefficient (Wildman–Crippen LogP) is 4.22. The Morgan fingerprint density at radius 1 is 1.33 bits per heavy atom. The number of hydrogen-bond acceptors (Lipinski definition) is 3. The summed E-state index contributed by atoms with van der Waals surface area (Å²) < 4.78 is 16.6. The minimum atomic E-state index is -0.386. The van der Waals surface area contributed by atoms with E-state index in [4.69, 9.17) is 0 Å². The lowest BCUT2D eigenvalue weighted by Crippen LogP contribution is -2.26. The van der Waals surface area contributed by atoms with Gasteiger partial charge in [0.05, 0.1) is 11.2 Å². The minimum Gasteiger partial charge on any atom is -0.318 e. The largest absolute Gasteiger partial charge is 0.318 e. The highest BCUT2D eigenvalue weighted by molar-refractivity contribution is 6.03. The highest BCUT2D eigenvalue weighted by Gasteiger charge is 2.24. The van der Waals surface area contributed by atoms with Crippen molar-refractivity contribution in [1.29, 1.82) is 0 Å². The average Bonchev–Trinajstić information content (AvgIpc) is 3.04. The first-order valence-corrected chi connectivity index (χ1v) is 9.11. The van der Waals surface area contributed by atoms with Gasteiger partial charge in [-0.15, -0.1) is 12.4 Å². The number of nitrogens with zero attached hydrogens (tertiary/aromatic N) is 2. The summed E-state index contributed by atoms with van der Waals surface area (Å²) in [5.41, 5.74) is 2.91. The van der Waals surface area contributed by atoms with E-state index in [1.807, 2.05) is 31.5 Å². The van der Waals surface area contributed by atoms with E-state index in [0.717, 1.165) is 17.8 Å². The molecule has 27 heavy (non-hydrogen) atoms. The number of carbonyl (C=O) groups excluding carboxylic acids is 1. The molecule has 3 rings (SSSR count). The lowest BCUT2D eigenvalue weighted by Gasteiger charge is -2.23. The van der Waals surface area contributed by atoms with Gasteiger partial charge in [0.25, 0.3) is 5.91 Å². The third-order valence-corrected chi connectivity index (χ3v) is 4.65. The molecule has 0 bridgehead atoms. The summed E-state index contributed by atoms with van der Waals surface area (Å²) in [6.07, 6.45) is 0.626. The van der Waals surface area contributed by atoms with Crippen LogP contribution in [0.3, 0.4) is 0 Å². The van der Waals surface area contributed by atoms with Gasteiger partial charge in [-0.1, -0.05) is 19.9 Å². The molecule has 148 valence electrons. The number of nitrogens with one attached hydrogen (secondary N) is 2. The van der Waals surface area contributed by atoms with Gasteiger partial charge in [0.15, 0.2) is 5.69 Å². The normalized spacial score (nSPS) is 13.9. The first-order chi connectivity index (χ1) is 12.2. The molecule has 2 heterocycles. The third kappa shape index (κ3) is 4.33. The van der Waals surface area contributed by atoms with Crippen molar-refractivity contribution in [2.45, 2.75) is 59.0 Å². The van der Waals surface area contributed by atoms with E-state index in [1.54, 1.807) is 12.1 Å². The molecule has 1 aromatic heterocycles. The van der Waals surface area contributed by atoms with Crippen molar-refractivity contribution in [3.8, 4) is 0 Å². The van der Waals surface area contributed by atoms with Crippen LogP contribution in [0.2, 0.25) is 0 Å². The van der Waals surface area contributed by atoms with Crippen LogP contribution in [0.4, 0.5) is 10.1 Å². The fourth-order valence-electron chi connectivity index (χ4n) is 3.27. The molecule has 0 saturated carbocycles. The summed E-state index contributed by atoms with van der Waals surface area (Å²) in [4.78, 5) is 12.7. The number of fused-ring (bicyclic) bond motifs is 1. The Morgan fingerprint density at radius 2 is 2.04 bits per heavy atom. The SMILES string of the molecule is CC(C)c1cc(C(=O)Nc2ccc3c(c2F)CCNC3)nn1C(C)(C)C.Cl. The van der Waals surface area contributed by atoms with Gasteiger partial charge in [0.2, 0.25) is 0 Å². The first-order valence-electron chi connectivity index (χ1n) is 9.11. The van der Waals surface area contributed by atoms with E-state index in [9.17, 15) is 9.18 Å². The first kappa shape index (κ1) is 21.4. The monoisotopic (exact) mass is 394 g/mol. The van der Waals surface area contributed by atoms with E-state index in [2.05, 4.69) is 29.6 Å². The molecule has 1 aliphatic heterocycles. The Bertz CT molecular complexity index is 839. The molecule has 1 aliphatic rings. The second kappa shape index (κ2) is 7.98. The van der Waals surface area contributed by atoms with Crippen molar-refractivity contribution in [3.05, 3.63) is 46.5 Å². The standard InChI is InChI=1S/C20H27FN4O.ClH/c1-12(2)17-10-16(24-25(17)20(3,4)5)19(26)23-15-7-6-13-11-22-9-8-14(13)18(15)21;/h6-7,10,12,22H,8-9,11H2,1-5H3,(H,23,26);1H. The Hall–Kier alpha value is -1.92. The predicted molar refractivity (Wildman–Crippen MR) is 108 cm³/mol. The van der Waals surface area contributed by atoms with Crippen molar-refractivity contribution >= 4 is 24.0 Å². The highest BCUT2D eigenvalue weighted by Crippen LogP contribution is 2.26. The molecule has 7 heteroatoms. The van der Waals surface area contributed by atoms with Crippen molar-refractivity contribution in [1.82, 2.24) is 15.1 Å². The maximum absolute atomic E-state index is 14.8. The van der Waals surface area contributed by atoms with Crippen LogP contribution in [-0.4, -0.2) is 22.2 Å². The van der Waals surface area contributed by atoms with Crippen molar-refractivity contribution in [2.75, 3.05) is 11.9 Å². The zero-order valence-electron chi connectivity index (χ0n) is 16.5. The van der Waals surface area contributed by atoms with Crippen LogP contribution in [0.1, 0.15) is 67.8 Å². The Kier molecular flexibility index (Phi) is 6.32. The lowest BCUT2D eigenvalue weighted by molar-refractivity contribution is 0.102. The van der Waals surface area contributed by atoms with Gasteiger partial charge in [-0.25, -0.2) is 4.39 Å². The quantitative estimate of drug-likeness (QED) is 0.819. The molecule has 1 aromatic carbocycles. The molecule has 5 nitrogen and oxygen atoms in total. The van der Waals surface area contributed by atoms with Crippen molar-refractivity contribution < 1.29 is 9.18 Å². The van der Waals surface area contributed by atoms with Crippen LogP contribution in [0, 0.1) is 5.82 Å². The number of halogens is 2. The summed E-state index contributed by atoms with van der Waals surface area (Å²) in [5.74, 6) is -0.490. The van der Waals surface area contributed by atoms with Crippen LogP contribution >= 0.6 is 12.4 Å². The summed E-state index contributed by atoms with van der Waals surface area (Å²) >= 11 is 0. The Balaban J connectivity index is 0.00000261. The van der Waals surface area contributed by atoms with E-state index in [0.29, 0.717) is 24.2 Å². The maximum Gasteiger partial charge on any atom is 0.276 e. The van der Waals surface area contributed by atoms with Crippen LogP contribution in [0.15, 0.2) is 18.2 Å². The third-order valence-electron chi connectivity index (χ3n) is 4.65. The zero-order chi connectivity index (χ0) is 19.1. The Labute approximate surface area is 166 Å². The van der Waals surface area contributed by atoms with Gasteiger partial charge < -0.3 is 10.6 Å². The summed E-state index contributed by atoms with van der Waals surface area (Å²) in [6, 6.07) is 5.29.